The average molecular weight is 420 g/mol. The molecule has 7 heteroatoms. The first-order valence-corrected chi connectivity index (χ1v) is 10.1. The Balaban J connectivity index is 1.61. The summed E-state index contributed by atoms with van der Waals surface area (Å²) in [5, 5.41) is 9.90. The third-order valence-corrected chi connectivity index (χ3v) is 4.69. The summed E-state index contributed by atoms with van der Waals surface area (Å²) in [5.74, 6) is -0.560. The molecule has 0 atom stereocenters. The maximum absolute atomic E-state index is 13.2. The van der Waals surface area contributed by atoms with E-state index >= 15 is 0 Å². The third-order valence-electron chi connectivity index (χ3n) is 4.69. The van der Waals surface area contributed by atoms with Crippen LogP contribution in [0.5, 0.6) is 0 Å². The summed E-state index contributed by atoms with van der Waals surface area (Å²) in [6, 6.07) is 13.4. The van der Waals surface area contributed by atoms with E-state index in [0.717, 1.165) is 28.8 Å². The monoisotopic (exact) mass is 420 g/mol. The van der Waals surface area contributed by atoms with Crippen LogP contribution < -0.4 is 10.6 Å². The van der Waals surface area contributed by atoms with Gasteiger partial charge in [0.1, 0.15) is 5.82 Å². The number of anilines is 1. The van der Waals surface area contributed by atoms with E-state index < -0.39 is 0 Å². The van der Waals surface area contributed by atoms with E-state index in [-0.39, 0.29) is 17.6 Å². The summed E-state index contributed by atoms with van der Waals surface area (Å²) in [7, 11) is 1.79. The first-order chi connectivity index (χ1) is 15.0. The Morgan fingerprint density at radius 3 is 2.48 bits per heavy atom. The van der Waals surface area contributed by atoms with Crippen molar-refractivity contribution in [1.82, 2.24) is 15.1 Å². The molecule has 1 aromatic heterocycles. The molecule has 0 radical (unpaired) electrons. The van der Waals surface area contributed by atoms with Gasteiger partial charge < -0.3 is 10.6 Å². The minimum Gasteiger partial charge on any atom is -0.352 e. The number of amides is 2. The van der Waals surface area contributed by atoms with E-state index in [2.05, 4.69) is 15.7 Å². The van der Waals surface area contributed by atoms with Crippen molar-refractivity contribution < 1.29 is 14.0 Å². The highest BCUT2D eigenvalue weighted by Crippen LogP contribution is 2.24. The van der Waals surface area contributed by atoms with E-state index in [9.17, 15) is 14.0 Å². The van der Waals surface area contributed by atoms with Crippen LogP contribution in [0.3, 0.4) is 0 Å². The van der Waals surface area contributed by atoms with E-state index in [1.807, 2.05) is 19.1 Å². The SMILES string of the molecule is CCCC(=O)NCc1ccc(NC(=O)/C=C/c2cnn(C)c2-c2ccc(F)cc2)cc1. The van der Waals surface area contributed by atoms with Gasteiger partial charge in [-0.1, -0.05) is 19.1 Å². The van der Waals surface area contributed by atoms with E-state index in [4.69, 9.17) is 0 Å². The molecule has 0 spiro atoms. The van der Waals surface area contributed by atoms with Gasteiger partial charge in [0.25, 0.3) is 0 Å². The number of aromatic nitrogens is 2. The zero-order valence-corrected chi connectivity index (χ0v) is 17.6. The summed E-state index contributed by atoms with van der Waals surface area (Å²) >= 11 is 0. The van der Waals surface area contributed by atoms with Crippen LogP contribution in [-0.2, 0) is 23.2 Å². The van der Waals surface area contributed by atoms with Crippen molar-refractivity contribution in [1.29, 1.82) is 0 Å². The van der Waals surface area contributed by atoms with Crippen LogP contribution in [-0.4, -0.2) is 21.6 Å². The molecule has 31 heavy (non-hydrogen) atoms. The zero-order valence-electron chi connectivity index (χ0n) is 17.6. The van der Waals surface area contributed by atoms with Crippen molar-refractivity contribution in [2.75, 3.05) is 5.32 Å². The molecule has 160 valence electrons. The van der Waals surface area contributed by atoms with E-state index in [1.54, 1.807) is 48.3 Å². The Morgan fingerprint density at radius 1 is 1.10 bits per heavy atom. The number of aryl methyl sites for hydroxylation is 1. The van der Waals surface area contributed by atoms with Gasteiger partial charge in [0.2, 0.25) is 11.8 Å². The lowest BCUT2D eigenvalue weighted by Gasteiger charge is -2.07. The predicted octanol–water partition coefficient (Wildman–Crippen LogP) is 4.29. The highest BCUT2D eigenvalue weighted by Gasteiger charge is 2.09. The smallest absolute Gasteiger partial charge is 0.248 e. The molecule has 2 aromatic carbocycles. The number of benzene rings is 2. The minimum absolute atomic E-state index is 0.0282. The summed E-state index contributed by atoms with van der Waals surface area (Å²) in [6.45, 7) is 2.42. The number of hydrogen-bond donors (Lipinski definition) is 2. The van der Waals surface area contributed by atoms with Crippen LogP contribution >= 0.6 is 0 Å². The number of carbonyl (C=O) groups excluding carboxylic acids is 2. The Labute approximate surface area is 180 Å². The van der Waals surface area contributed by atoms with Gasteiger partial charge in [0.15, 0.2) is 0 Å². The largest absolute Gasteiger partial charge is 0.352 e. The van der Waals surface area contributed by atoms with Gasteiger partial charge in [-0.25, -0.2) is 4.39 Å². The van der Waals surface area contributed by atoms with Gasteiger partial charge in [0.05, 0.1) is 11.9 Å². The normalized spacial score (nSPS) is 10.9. The molecule has 0 unspecified atom stereocenters. The summed E-state index contributed by atoms with van der Waals surface area (Å²) in [4.78, 5) is 23.9. The highest BCUT2D eigenvalue weighted by molar-refractivity contribution is 6.02. The first kappa shape index (κ1) is 22.0. The molecule has 0 fully saturated rings. The highest BCUT2D eigenvalue weighted by atomic mass is 19.1. The maximum Gasteiger partial charge on any atom is 0.248 e. The fourth-order valence-electron chi connectivity index (χ4n) is 3.11. The quantitative estimate of drug-likeness (QED) is 0.534. The van der Waals surface area contributed by atoms with Crippen LogP contribution in [0.25, 0.3) is 17.3 Å². The van der Waals surface area contributed by atoms with Crippen molar-refractivity contribution in [3.05, 3.63) is 77.7 Å². The summed E-state index contributed by atoms with van der Waals surface area (Å²) in [5.41, 5.74) is 3.96. The Hall–Kier alpha value is -3.74. The van der Waals surface area contributed by atoms with Gasteiger partial charge >= 0.3 is 0 Å². The second-order valence-electron chi connectivity index (χ2n) is 7.13. The number of hydrogen-bond acceptors (Lipinski definition) is 3. The lowest BCUT2D eigenvalue weighted by molar-refractivity contribution is -0.121. The lowest BCUT2D eigenvalue weighted by atomic mass is 10.1. The molecule has 6 nitrogen and oxygen atoms in total. The van der Waals surface area contributed by atoms with Crippen molar-refractivity contribution in [2.45, 2.75) is 26.3 Å². The first-order valence-electron chi connectivity index (χ1n) is 10.1. The number of halogens is 1. The van der Waals surface area contributed by atoms with Crippen molar-refractivity contribution in [3.8, 4) is 11.3 Å². The molecule has 3 rings (SSSR count). The number of nitrogens with one attached hydrogen (secondary N) is 2. The fraction of sp³-hybridized carbons (Fsp3) is 0.208. The second-order valence-corrected chi connectivity index (χ2v) is 7.13. The Kier molecular flexibility index (Phi) is 7.32. The molecule has 0 aliphatic carbocycles. The van der Waals surface area contributed by atoms with Crippen molar-refractivity contribution in [2.24, 2.45) is 7.05 Å². The van der Waals surface area contributed by atoms with Crippen LogP contribution in [0.2, 0.25) is 0 Å². The molecule has 3 aromatic rings. The predicted molar refractivity (Wildman–Crippen MR) is 119 cm³/mol. The summed E-state index contributed by atoms with van der Waals surface area (Å²) in [6.07, 6.45) is 6.10. The average Bonchev–Trinajstić information content (AvgIpc) is 3.13. The topological polar surface area (TPSA) is 76.0 Å². The van der Waals surface area contributed by atoms with Gasteiger partial charge in [-0.05, 0) is 54.5 Å². The molecular formula is C24H25FN4O2. The molecule has 0 saturated carbocycles. The van der Waals surface area contributed by atoms with Crippen molar-refractivity contribution in [3.63, 3.8) is 0 Å². The molecule has 0 aliphatic heterocycles. The number of rotatable bonds is 8. The molecular weight excluding hydrogens is 395 g/mol. The molecule has 2 N–H and O–H groups in total. The van der Waals surface area contributed by atoms with Gasteiger partial charge in [-0.2, -0.15) is 5.10 Å². The number of nitrogens with zero attached hydrogens (tertiary/aromatic N) is 2. The minimum atomic E-state index is -0.309. The van der Waals surface area contributed by atoms with Crippen molar-refractivity contribution >= 4 is 23.6 Å². The molecule has 0 saturated heterocycles. The molecule has 1 heterocycles. The third kappa shape index (κ3) is 6.12. The standard InChI is InChI=1S/C24H25FN4O2/c1-3-4-22(30)26-15-17-5-12-21(13-6-17)28-23(31)14-9-19-16-27-29(2)24(19)18-7-10-20(25)11-8-18/h5-14,16H,3-4,15H2,1-2H3,(H,26,30)(H,28,31)/b14-9+. The van der Waals surface area contributed by atoms with Crippen LogP contribution in [0, 0.1) is 5.82 Å². The van der Waals surface area contributed by atoms with Crippen LogP contribution in [0.15, 0.2) is 60.8 Å². The molecule has 0 bridgehead atoms. The van der Waals surface area contributed by atoms with Crippen LogP contribution in [0.1, 0.15) is 30.9 Å². The van der Waals surface area contributed by atoms with Gasteiger partial charge in [-0.15, -0.1) is 0 Å². The molecule has 0 aliphatic rings. The Morgan fingerprint density at radius 2 is 1.81 bits per heavy atom. The summed E-state index contributed by atoms with van der Waals surface area (Å²) < 4.78 is 14.9. The number of carbonyl (C=O) groups is 2. The van der Waals surface area contributed by atoms with Gasteiger partial charge in [0, 0.05) is 42.9 Å². The lowest BCUT2D eigenvalue weighted by Crippen LogP contribution is -2.22. The van der Waals surface area contributed by atoms with Gasteiger partial charge in [-0.3, -0.25) is 14.3 Å². The van der Waals surface area contributed by atoms with E-state index in [0.29, 0.717) is 18.7 Å². The maximum atomic E-state index is 13.2. The Bertz CT molecular complexity index is 1070. The fourth-order valence-corrected chi connectivity index (χ4v) is 3.11. The van der Waals surface area contributed by atoms with Crippen LogP contribution in [0.4, 0.5) is 10.1 Å². The second kappa shape index (κ2) is 10.3. The van der Waals surface area contributed by atoms with E-state index in [1.165, 1.54) is 18.2 Å². The molecule has 2 amide bonds. The zero-order chi connectivity index (χ0) is 22.2.